The maximum Gasteiger partial charge on any atom is 0.258 e. The van der Waals surface area contributed by atoms with E-state index in [0.29, 0.717) is 23.0 Å². The van der Waals surface area contributed by atoms with Crippen LogP contribution in [0, 0.1) is 0 Å². The lowest BCUT2D eigenvalue weighted by molar-refractivity contribution is -0.118. The highest BCUT2D eigenvalue weighted by atomic mass is 32.1. The van der Waals surface area contributed by atoms with E-state index in [9.17, 15) is 14.7 Å². The fraction of sp³-hybridized carbons (Fsp3) is 0.214. The Morgan fingerprint density at radius 2 is 1.83 bits per heavy atom. The number of nitrogens with zero attached hydrogens (tertiary/aromatic N) is 1. The number of aromatic hydroxyl groups is 1. The molecular formula is C28H27N3O3S. The average Bonchev–Trinajstić information content (AvgIpc) is 3.51. The fourth-order valence-electron chi connectivity index (χ4n) is 4.91. The summed E-state index contributed by atoms with van der Waals surface area (Å²) in [5.74, 6) is -0.489. The molecule has 0 fully saturated rings. The Morgan fingerprint density at radius 1 is 1.09 bits per heavy atom. The molecule has 0 saturated heterocycles. The molecule has 5 rings (SSSR count). The summed E-state index contributed by atoms with van der Waals surface area (Å²) in [5.41, 5.74) is 3.82. The number of fused-ring (bicyclic) bond motifs is 2. The molecule has 1 amide bonds. The van der Waals surface area contributed by atoms with Crippen LogP contribution in [0.1, 0.15) is 41.0 Å². The topological polar surface area (TPSA) is 87.1 Å². The third-order valence-corrected chi connectivity index (χ3v) is 7.48. The summed E-state index contributed by atoms with van der Waals surface area (Å²) in [6.07, 6.45) is 1.48. The molecule has 0 aliphatic rings. The van der Waals surface area contributed by atoms with Gasteiger partial charge in [0.2, 0.25) is 5.91 Å². The first-order valence-corrected chi connectivity index (χ1v) is 12.5. The molecule has 5 aromatic rings. The van der Waals surface area contributed by atoms with Gasteiger partial charge in [-0.25, -0.2) is 0 Å². The number of aryl methyl sites for hydroxylation is 2. The van der Waals surface area contributed by atoms with Crippen molar-refractivity contribution in [3.8, 4) is 5.75 Å². The molecule has 1 atom stereocenters. The van der Waals surface area contributed by atoms with Crippen LogP contribution in [0.4, 0.5) is 0 Å². The Labute approximate surface area is 206 Å². The number of para-hydroxylation sites is 2. The lowest BCUT2D eigenvalue weighted by atomic mass is 9.89. The van der Waals surface area contributed by atoms with Crippen LogP contribution >= 0.6 is 11.3 Å². The first-order valence-electron chi connectivity index (χ1n) is 11.6. The van der Waals surface area contributed by atoms with E-state index in [0.717, 1.165) is 39.9 Å². The third-order valence-electron chi connectivity index (χ3n) is 6.54. The number of H-pyrrole nitrogens is 1. The summed E-state index contributed by atoms with van der Waals surface area (Å²) in [5, 5.41) is 18.1. The second-order valence-electron chi connectivity index (χ2n) is 8.74. The van der Waals surface area contributed by atoms with Gasteiger partial charge in [0.15, 0.2) is 0 Å². The maximum atomic E-state index is 13.7. The van der Waals surface area contributed by atoms with Crippen molar-refractivity contribution in [2.45, 2.75) is 25.7 Å². The number of carbonyl (C=O) groups is 1. The molecular weight excluding hydrogens is 458 g/mol. The maximum absolute atomic E-state index is 13.7. The van der Waals surface area contributed by atoms with Gasteiger partial charge in [0, 0.05) is 47.4 Å². The van der Waals surface area contributed by atoms with E-state index in [1.807, 2.05) is 60.0 Å². The van der Waals surface area contributed by atoms with Crippen molar-refractivity contribution in [1.29, 1.82) is 0 Å². The van der Waals surface area contributed by atoms with Crippen molar-refractivity contribution in [2.75, 3.05) is 6.54 Å². The van der Waals surface area contributed by atoms with Crippen LogP contribution in [0.3, 0.4) is 0 Å². The molecule has 0 radical (unpaired) electrons. The molecule has 0 bridgehead atoms. The van der Waals surface area contributed by atoms with Gasteiger partial charge in [-0.1, -0.05) is 36.4 Å². The molecule has 0 saturated carbocycles. The molecule has 1 unspecified atom stereocenters. The minimum atomic E-state index is -0.457. The predicted octanol–water partition coefficient (Wildman–Crippen LogP) is 5.04. The van der Waals surface area contributed by atoms with Crippen LogP contribution in [0.5, 0.6) is 5.75 Å². The van der Waals surface area contributed by atoms with Gasteiger partial charge in [-0.2, -0.15) is 0 Å². The number of carbonyl (C=O) groups excluding carboxylic acids is 1. The Bertz CT molecular complexity index is 1580. The molecule has 6 nitrogen and oxygen atoms in total. The second kappa shape index (κ2) is 9.43. The quantitative estimate of drug-likeness (QED) is 0.282. The fourth-order valence-corrected chi connectivity index (χ4v) is 5.76. The molecule has 3 aromatic heterocycles. The van der Waals surface area contributed by atoms with Crippen molar-refractivity contribution in [1.82, 2.24) is 14.9 Å². The first kappa shape index (κ1) is 22.9. The standard InChI is InChI=1S/C28H27N3O3S/c1-17(32)29-15-7-11-19-18-9-3-5-12-21(18)30-26(19)24(23-14-8-16-35-23)25-27(33)20-10-4-6-13-22(20)31(2)28(25)34/h3-6,8-10,12-14,16,24,30,33H,7,11,15H2,1-2H3,(H,29,32). The largest absolute Gasteiger partial charge is 0.507 e. The molecule has 3 heterocycles. The van der Waals surface area contributed by atoms with Gasteiger partial charge in [0.25, 0.3) is 5.56 Å². The van der Waals surface area contributed by atoms with Crippen molar-refractivity contribution >= 4 is 39.0 Å². The highest BCUT2D eigenvalue weighted by Gasteiger charge is 2.30. The number of nitrogens with one attached hydrogen (secondary N) is 2. The van der Waals surface area contributed by atoms with Gasteiger partial charge in [-0.15, -0.1) is 11.3 Å². The minimum Gasteiger partial charge on any atom is -0.507 e. The molecule has 0 spiro atoms. The average molecular weight is 486 g/mol. The van der Waals surface area contributed by atoms with Gasteiger partial charge in [0.05, 0.1) is 17.0 Å². The van der Waals surface area contributed by atoms with Crippen molar-refractivity contribution < 1.29 is 9.90 Å². The summed E-state index contributed by atoms with van der Waals surface area (Å²) in [6.45, 7) is 2.09. The zero-order valence-corrected chi connectivity index (χ0v) is 20.5. The van der Waals surface area contributed by atoms with Gasteiger partial charge >= 0.3 is 0 Å². The van der Waals surface area contributed by atoms with Crippen molar-refractivity contribution in [2.24, 2.45) is 7.05 Å². The third kappa shape index (κ3) is 4.12. The molecule has 0 aliphatic carbocycles. The summed E-state index contributed by atoms with van der Waals surface area (Å²) < 4.78 is 1.62. The van der Waals surface area contributed by atoms with E-state index in [2.05, 4.69) is 16.4 Å². The van der Waals surface area contributed by atoms with Crippen LogP contribution < -0.4 is 10.9 Å². The Hall–Kier alpha value is -3.84. The number of hydrogen-bond donors (Lipinski definition) is 3. The monoisotopic (exact) mass is 485 g/mol. The number of pyridine rings is 1. The lowest BCUT2D eigenvalue weighted by Gasteiger charge is -2.20. The minimum absolute atomic E-state index is 0.0185. The van der Waals surface area contributed by atoms with Crippen molar-refractivity contribution in [3.05, 3.63) is 98.1 Å². The van der Waals surface area contributed by atoms with E-state index in [1.165, 1.54) is 6.92 Å². The highest BCUT2D eigenvalue weighted by molar-refractivity contribution is 7.10. The van der Waals surface area contributed by atoms with Crippen LogP contribution in [-0.2, 0) is 18.3 Å². The Balaban J connectivity index is 1.75. The molecule has 35 heavy (non-hydrogen) atoms. The second-order valence-corrected chi connectivity index (χ2v) is 9.72. The number of hydrogen-bond acceptors (Lipinski definition) is 4. The summed E-state index contributed by atoms with van der Waals surface area (Å²) in [6, 6.07) is 19.5. The smallest absolute Gasteiger partial charge is 0.258 e. The van der Waals surface area contributed by atoms with E-state index < -0.39 is 5.92 Å². The summed E-state index contributed by atoms with van der Waals surface area (Å²) >= 11 is 1.56. The normalized spacial score (nSPS) is 12.3. The summed E-state index contributed by atoms with van der Waals surface area (Å²) in [4.78, 5) is 29.6. The zero-order chi connectivity index (χ0) is 24.5. The Morgan fingerprint density at radius 3 is 2.57 bits per heavy atom. The predicted molar refractivity (Wildman–Crippen MR) is 141 cm³/mol. The van der Waals surface area contributed by atoms with Crippen LogP contribution in [0.2, 0.25) is 0 Å². The van der Waals surface area contributed by atoms with E-state index >= 15 is 0 Å². The number of thiophene rings is 1. The molecule has 2 aromatic carbocycles. The number of aromatic nitrogens is 2. The SMILES string of the molecule is CC(=O)NCCCc1c(C(c2cccs2)c2c(O)c3ccccc3n(C)c2=O)[nH]c2ccccc12. The lowest BCUT2D eigenvalue weighted by Crippen LogP contribution is -2.25. The molecule has 178 valence electrons. The van der Waals surface area contributed by atoms with Gasteiger partial charge < -0.3 is 20.0 Å². The highest BCUT2D eigenvalue weighted by Crippen LogP contribution is 2.42. The van der Waals surface area contributed by atoms with Gasteiger partial charge in [0.1, 0.15) is 5.75 Å². The number of benzene rings is 2. The summed E-state index contributed by atoms with van der Waals surface area (Å²) in [7, 11) is 1.75. The molecule has 0 aliphatic heterocycles. The van der Waals surface area contributed by atoms with Crippen molar-refractivity contribution in [3.63, 3.8) is 0 Å². The van der Waals surface area contributed by atoms with E-state index in [-0.39, 0.29) is 17.2 Å². The van der Waals surface area contributed by atoms with Crippen LogP contribution in [0.15, 0.2) is 70.8 Å². The molecule has 7 heteroatoms. The first-order chi connectivity index (χ1) is 17.0. The number of rotatable bonds is 7. The van der Waals surface area contributed by atoms with Gasteiger partial charge in [-0.05, 0) is 48.1 Å². The molecule has 3 N–H and O–H groups in total. The van der Waals surface area contributed by atoms with E-state index in [4.69, 9.17) is 0 Å². The number of aromatic amines is 1. The zero-order valence-electron chi connectivity index (χ0n) is 19.7. The van der Waals surface area contributed by atoms with Gasteiger partial charge in [-0.3, -0.25) is 9.59 Å². The number of amides is 1. The van der Waals surface area contributed by atoms with Crippen LogP contribution in [0.25, 0.3) is 21.8 Å². The van der Waals surface area contributed by atoms with Crippen LogP contribution in [-0.4, -0.2) is 27.1 Å². The van der Waals surface area contributed by atoms with E-state index in [1.54, 1.807) is 23.0 Å². The Kier molecular flexibility index (Phi) is 6.17.